The summed E-state index contributed by atoms with van der Waals surface area (Å²) in [6.07, 6.45) is 0.580. The highest BCUT2D eigenvalue weighted by Gasteiger charge is 2.29. The van der Waals surface area contributed by atoms with Crippen LogP contribution >= 0.6 is 35.4 Å². The number of carbonyl (C=O) groups excluding carboxylic acids is 1. The zero-order chi connectivity index (χ0) is 13.9. The summed E-state index contributed by atoms with van der Waals surface area (Å²) < 4.78 is 0. The molecule has 0 aliphatic carbocycles. The van der Waals surface area contributed by atoms with Gasteiger partial charge in [-0.15, -0.1) is 0 Å². The largest absolute Gasteiger partial charge is 0.391 e. The molecule has 18 heavy (non-hydrogen) atoms. The van der Waals surface area contributed by atoms with Gasteiger partial charge in [-0.1, -0.05) is 48.4 Å². The van der Waals surface area contributed by atoms with E-state index >= 15 is 0 Å². The Labute approximate surface area is 122 Å². The molecule has 1 aromatic rings. The molecule has 1 aromatic carbocycles. The second kappa shape index (κ2) is 5.87. The van der Waals surface area contributed by atoms with E-state index in [0.717, 1.165) is 0 Å². The van der Waals surface area contributed by atoms with Gasteiger partial charge in [-0.3, -0.25) is 4.79 Å². The minimum atomic E-state index is -0.755. The van der Waals surface area contributed by atoms with E-state index in [4.69, 9.17) is 41.2 Å². The molecule has 6 heteroatoms. The molecule has 0 saturated carbocycles. The van der Waals surface area contributed by atoms with Crippen molar-refractivity contribution in [2.24, 2.45) is 5.73 Å². The molecule has 3 nitrogen and oxygen atoms in total. The first kappa shape index (κ1) is 15.2. The maximum absolute atomic E-state index is 12.2. The van der Waals surface area contributed by atoms with Crippen LogP contribution in [0.4, 0.5) is 0 Å². The lowest BCUT2D eigenvalue weighted by molar-refractivity contribution is 0.0927. The van der Waals surface area contributed by atoms with Gasteiger partial charge in [0.05, 0.1) is 26.1 Å². The van der Waals surface area contributed by atoms with Gasteiger partial charge in [-0.05, 0) is 25.5 Å². The van der Waals surface area contributed by atoms with E-state index in [-0.39, 0.29) is 16.5 Å². The van der Waals surface area contributed by atoms with Crippen LogP contribution in [-0.2, 0) is 0 Å². The highest BCUT2D eigenvalue weighted by Crippen LogP contribution is 2.25. The number of nitrogens with two attached hydrogens (primary N) is 1. The normalized spacial score (nSPS) is 13.8. The number of rotatable bonds is 4. The molecule has 0 aliphatic rings. The molecular formula is C12H14Cl2N2OS. The molecular weight excluding hydrogens is 291 g/mol. The third kappa shape index (κ3) is 3.13. The summed E-state index contributed by atoms with van der Waals surface area (Å²) >= 11 is 16.9. The van der Waals surface area contributed by atoms with Crippen LogP contribution in [0.15, 0.2) is 18.2 Å². The van der Waals surface area contributed by atoms with E-state index in [1.165, 1.54) is 0 Å². The van der Waals surface area contributed by atoms with Crippen molar-refractivity contribution in [3.63, 3.8) is 0 Å². The predicted molar refractivity (Wildman–Crippen MR) is 79.4 cm³/mol. The average Bonchev–Trinajstić information content (AvgIpc) is 2.28. The molecule has 1 atom stereocenters. The molecule has 1 rings (SSSR count). The Kier molecular flexibility index (Phi) is 4.96. The van der Waals surface area contributed by atoms with Crippen molar-refractivity contribution in [2.45, 2.75) is 25.8 Å². The zero-order valence-corrected chi connectivity index (χ0v) is 12.4. The van der Waals surface area contributed by atoms with Gasteiger partial charge in [-0.25, -0.2) is 0 Å². The molecule has 0 aliphatic heterocycles. The van der Waals surface area contributed by atoms with Crippen molar-refractivity contribution < 1.29 is 4.79 Å². The van der Waals surface area contributed by atoms with Gasteiger partial charge in [0.2, 0.25) is 0 Å². The van der Waals surface area contributed by atoms with Crippen LogP contribution in [0.5, 0.6) is 0 Å². The number of hydrogen-bond acceptors (Lipinski definition) is 2. The molecule has 0 heterocycles. The van der Waals surface area contributed by atoms with Crippen molar-refractivity contribution in [3.05, 3.63) is 33.8 Å². The topological polar surface area (TPSA) is 55.1 Å². The lowest BCUT2D eigenvalue weighted by Gasteiger charge is -2.28. The highest BCUT2D eigenvalue weighted by molar-refractivity contribution is 7.80. The SMILES string of the molecule is CCC(C)(NC(=O)c1c(Cl)cccc1Cl)C(N)=S. The molecule has 0 saturated heterocycles. The van der Waals surface area contributed by atoms with Crippen molar-refractivity contribution in [3.8, 4) is 0 Å². The molecule has 98 valence electrons. The number of thiocarbonyl (C=S) groups is 1. The summed E-state index contributed by atoms with van der Waals surface area (Å²) in [7, 11) is 0. The summed E-state index contributed by atoms with van der Waals surface area (Å²) in [6, 6.07) is 4.88. The van der Waals surface area contributed by atoms with Gasteiger partial charge in [0.15, 0.2) is 0 Å². The van der Waals surface area contributed by atoms with Gasteiger partial charge in [-0.2, -0.15) is 0 Å². The molecule has 0 aromatic heterocycles. The van der Waals surface area contributed by atoms with E-state index in [2.05, 4.69) is 5.32 Å². The van der Waals surface area contributed by atoms with E-state index in [1.807, 2.05) is 6.92 Å². The number of nitrogens with one attached hydrogen (secondary N) is 1. The lowest BCUT2D eigenvalue weighted by atomic mass is 9.98. The summed E-state index contributed by atoms with van der Waals surface area (Å²) in [5.41, 5.74) is 5.11. The second-order valence-corrected chi connectivity index (χ2v) is 5.35. The molecule has 3 N–H and O–H groups in total. The van der Waals surface area contributed by atoms with Gasteiger partial charge in [0, 0.05) is 0 Å². The molecule has 0 radical (unpaired) electrons. The second-order valence-electron chi connectivity index (χ2n) is 4.10. The van der Waals surface area contributed by atoms with Crippen LogP contribution in [-0.4, -0.2) is 16.4 Å². The minimum Gasteiger partial charge on any atom is -0.391 e. The van der Waals surface area contributed by atoms with Gasteiger partial charge in [0.1, 0.15) is 0 Å². The first-order valence-electron chi connectivity index (χ1n) is 5.38. The number of benzene rings is 1. The third-order valence-corrected chi connectivity index (χ3v) is 3.91. The van der Waals surface area contributed by atoms with Crippen molar-refractivity contribution in [2.75, 3.05) is 0 Å². The fourth-order valence-corrected chi connectivity index (χ4v) is 2.12. The van der Waals surface area contributed by atoms with Crippen molar-refractivity contribution in [1.82, 2.24) is 5.32 Å². The number of halogens is 2. The lowest BCUT2D eigenvalue weighted by Crippen LogP contribution is -2.54. The van der Waals surface area contributed by atoms with Crippen LogP contribution in [0.2, 0.25) is 10.0 Å². The summed E-state index contributed by atoms with van der Waals surface area (Å²) in [4.78, 5) is 12.4. The molecule has 1 amide bonds. The Hall–Kier alpha value is -0.840. The molecule has 0 spiro atoms. The van der Waals surface area contributed by atoms with Crippen LogP contribution < -0.4 is 11.1 Å². The summed E-state index contributed by atoms with van der Waals surface area (Å²) in [5, 5.41) is 3.35. The fraction of sp³-hybridized carbons (Fsp3) is 0.333. The Balaban J connectivity index is 3.06. The first-order valence-corrected chi connectivity index (χ1v) is 6.54. The van der Waals surface area contributed by atoms with Gasteiger partial charge < -0.3 is 11.1 Å². The van der Waals surface area contributed by atoms with Crippen LogP contribution in [0.1, 0.15) is 30.6 Å². The van der Waals surface area contributed by atoms with E-state index in [9.17, 15) is 4.79 Å². The maximum Gasteiger partial charge on any atom is 0.255 e. The maximum atomic E-state index is 12.2. The number of amides is 1. The highest BCUT2D eigenvalue weighted by atomic mass is 35.5. The standard InChI is InChI=1S/C12H14Cl2N2OS/c1-3-12(2,11(15)18)16-10(17)9-7(13)5-4-6-8(9)14/h4-6H,3H2,1-2H3,(H2,15,18)(H,16,17). The van der Waals surface area contributed by atoms with Crippen molar-refractivity contribution in [1.29, 1.82) is 0 Å². The predicted octanol–water partition coefficient (Wildman–Crippen LogP) is 3.18. The van der Waals surface area contributed by atoms with Crippen LogP contribution in [0, 0.1) is 0 Å². The molecule has 0 fully saturated rings. The monoisotopic (exact) mass is 304 g/mol. The number of hydrogen-bond donors (Lipinski definition) is 2. The quantitative estimate of drug-likeness (QED) is 0.840. The van der Waals surface area contributed by atoms with Crippen LogP contribution in [0.25, 0.3) is 0 Å². The smallest absolute Gasteiger partial charge is 0.255 e. The zero-order valence-electron chi connectivity index (χ0n) is 10.1. The Morgan fingerprint density at radius 2 is 1.94 bits per heavy atom. The van der Waals surface area contributed by atoms with Gasteiger partial charge >= 0.3 is 0 Å². The Morgan fingerprint density at radius 1 is 1.44 bits per heavy atom. The first-order chi connectivity index (χ1) is 8.31. The Bertz CT molecular complexity index is 473. The van der Waals surface area contributed by atoms with E-state index < -0.39 is 5.54 Å². The van der Waals surface area contributed by atoms with Gasteiger partial charge in [0.25, 0.3) is 5.91 Å². The van der Waals surface area contributed by atoms with E-state index in [0.29, 0.717) is 16.5 Å². The van der Waals surface area contributed by atoms with Crippen molar-refractivity contribution >= 4 is 46.3 Å². The summed E-state index contributed by atoms with van der Waals surface area (Å²) in [6.45, 7) is 3.64. The fourth-order valence-electron chi connectivity index (χ4n) is 1.35. The third-order valence-electron chi connectivity index (χ3n) is 2.83. The number of carbonyl (C=O) groups is 1. The van der Waals surface area contributed by atoms with Crippen LogP contribution in [0.3, 0.4) is 0 Å². The molecule has 1 unspecified atom stereocenters. The average molecular weight is 305 g/mol. The Morgan fingerprint density at radius 3 is 2.33 bits per heavy atom. The minimum absolute atomic E-state index is 0.224. The van der Waals surface area contributed by atoms with E-state index in [1.54, 1.807) is 25.1 Å². The molecule has 0 bridgehead atoms. The summed E-state index contributed by atoms with van der Waals surface area (Å²) in [5.74, 6) is -0.386.